The maximum atomic E-state index is 12.8. The average Bonchev–Trinajstić information content (AvgIpc) is 2.41. The lowest BCUT2D eigenvalue weighted by molar-refractivity contribution is -0.148. The summed E-state index contributed by atoms with van der Waals surface area (Å²) in [5.74, 6) is 0.199. The lowest BCUT2D eigenvalue weighted by Gasteiger charge is -2.55. The molecule has 122 valence electrons. The van der Waals surface area contributed by atoms with Crippen LogP contribution in [0.1, 0.15) is 51.4 Å². The number of primary amides is 1. The fourth-order valence-electron chi connectivity index (χ4n) is 5.25. The molecule has 22 heavy (non-hydrogen) atoms. The molecule has 4 bridgehead atoms. The Kier molecular flexibility index (Phi) is 3.87. The van der Waals surface area contributed by atoms with E-state index in [1.807, 2.05) is 0 Å². The van der Waals surface area contributed by atoms with Crippen LogP contribution in [0.4, 0.5) is 0 Å². The number of amides is 2. The molecule has 4 N–H and O–H groups in total. The molecular weight excluding hydrogens is 284 g/mol. The fourth-order valence-corrected chi connectivity index (χ4v) is 5.25. The van der Waals surface area contributed by atoms with Gasteiger partial charge in [-0.3, -0.25) is 14.4 Å². The second kappa shape index (κ2) is 5.56. The van der Waals surface area contributed by atoms with Crippen molar-refractivity contribution >= 4 is 17.8 Å². The van der Waals surface area contributed by atoms with Gasteiger partial charge in [0.05, 0.1) is 0 Å². The Hall–Kier alpha value is -1.59. The molecule has 0 spiro atoms. The van der Waals surface area contributed by atoms with Gasteiger partial charge >= 0.3 is 5.97 Å². The standard InChI is InChI=1S/C16H24N2O4/c17-14(21)12(1-2-13(19)20)18-15(22)16-6-9-3-10(7-16)5-11(4-9)8-16/h9-12H,1-8H2,(H2,17,21)(H,18,22)(H,19,20)/t9?,10?,11?,12-,16?/m1/s1. The summed E-state index contributed by atoms with van der Waals surface area (Å²) in [5.41, 5.74) is 4.97. The van der Waals surface area contributed by atoms with Crippen LogP contribution in [0.25, 0.3) is 0 Å². The molecule has 2 amide bonds. The normalized spacial score (nSPS) is 36.8. The van der Waals surface area contributed by atoms with Gasteiger partial charge in [0, 0.05) is 11.8 Å². The Labute approximate surface area is 129 Å². The number of nitrogens with two attached hydrogens (primary N) is 1. The fraction of sp³-hybridized carbons (Fsp3) is 0.812. The van der Waals surface area contributed by atoms with Crippen LogP contribution >= 0.6 is 0 Å². The summed E-state index contributed by atoms with van der Waals surface area (Å²) in [4.78, 5) is 34.9. The third-order valence-corrected chi connectivity index (χ3v) is 5.82. The molecule has 6 nitrogen and oxygen atoms in total. The molecule has 4 rings (SSSR count). The number of carboxylic acid groups (broad SMARTS) is 1. The van der Waals surface area contributed by atoms with Gasteiger partial charge in [-0.15, -0.1) is 0 Å². The molecule has 0 unspecified atom stereocenters. The second-order valence-corrected chi connectivity index (χ2v) is 7.56. The number of nitrogens with one attached hydrogen (secondary N) is 1. The van der Waals surface area contributed by atoms with E-state index >= 15 is 0 Å². The lowest BCUT2D eigenvalue weighted by atomic mass is 9.49. The first-order chi connectivity index (χ1) is 10.4. The Morgan fingerprint density at radius 3 is 2.00 bits per heavy atom. The molecule has 0 aliphatic heterocycles. The summed E-state index contributed by atoms with van der Waals surface area (Å²) >= 11 is 0. The molecule has 4 saturated carbocycles. The molecule has 0 aromatic rings. The Balaban J connectivity index is 1.67. The first-order valence-corrected chi connectivity index (χ1v) is 8.20. The first-order valence-electron chi connectivity index (χ1n) is 8.20. The van der Waals surface area contributed by atoms with Gasteiger partial charge in [0.25, 0.3) is 0 Å². The number of hydrogen-bond donors (Lipinski definition) is 3. The van der Waals surface area contributed by atoms with Crippen molar-refractivity contribution in [2.45, 2.75) is 57.4 Å². The maximum Gasteiger partial charge on any atom is 0.303 e. The molecular formula is C16H24N2O4. The predicted octanol–water partition coefficient (Wildman–Crippen LogP) is 1.04. The van der Waals surface area contributed by atoms with Crippen LogP contribution in [0.3, 0.4) is 0 Å². The van der Waals surface area contributed by atoms with Crippen LogP contribution < -0.4 is 11.1 Å². The maximum absolute atomic E-state index is 12.8. The number of carboxylic acids is 1. The zero-order valence-corrected chi connectivity index (χ0v) is 12.7. The van der Waals surface area contributed by atoms with Gasteiger partial charge in [0.2, 0.25) is 11.8 Å². The molecule has 0 saturated heterocycles. The third kappa shape index (κ3) is 2.83. The van der Waals surface area contributed by atoms with E-state index in [4.69, 9.17) is 10.8 Å². The van der Waals surface area contributed by atoms with Crippen LogP contribution in [0.5, 0.6) is 0 Å². The summed E-state index contributed by atoms with van der Waals surface area (Å²) in [6.07, 6.45) is 6.34. The highest BCUT2D eigenvalue weighted by Gasteiger charge is 2.54. The van der Waals surface area contributed by atoms with Crippen molar-refractivity contribution in [2.24, 2.45) is 28.9 Å². The molecule has 4 aliphatic carbocycles. The van der Waals surface area contributed by atoms with Crippen molar-refractivity contribution in [3.8, 4) is 0 Å². The minimum Gasteiger partial charge on any atom is -0.481 e. The van der Waals surface area contributed by atoms with Gasteiger partial charge in [0.1, 0.15) is 6.04 Å². The van der Waals surface area contributed by atoms with E-state index < -0.39 is 17.9 Å². The molecule has 0 aromatic heterocycles. The van der Waals surface area contributed by atoms with Gasteiger partial charge in [-0.1, -0.05) is 0 Å². The van der Waals surface area contributed by atoms with Gasteiger partial charge in [0.15, 0.2) is 0 Å². The van der Waals surface area contributed by atoms with Crippen LogP contribution in [-0.4, -0.2) is 28.9 Å². The molecule has 4 aliphatic rings. The molecule has 6 heteroatoms. The number of carbonyl (C=O) groups excluding carboxylic acids is 2. The smallest absolute Gasteiger partial charge is 0.303 e. The summed E-state index contributed by atoms with van der Waals surface area (Å²) in [6.45, 7) is 0. The van der Waals surface area contributed by atoms with Crippen LogP contribution in [0.15, 0.2) is 0 Å². The topological polar surface area (TPSA) is 109 Å². The van der Waals surface area contributed by atoms with Gasteiger partial charge in [-0.05, 0) is 62.7 Å². The summed E-state index contributed by atoms with van der Waals surface area (Å²) in [7, 11) is 0. The number of aliphatic carboxylic acids is 1. The summed E-state index contributed by atoms with van der Waals surface area (Å²) in [5, 5.41) is 11.5. The van der Waals surface area contributed by atoms with E-state index in [-0.39, 0.29) is 24.2 Å². The van der Waals surface area contributed by atoms with Crippen LogP contribution in [0, 0.1) is 23.2 Å². The highest BCUT2D eigenvalue weighted by Crippen LogP contribution is 2.60. The van der Waals surface area contributed by atoms with E-state index in [2.05, 4.69) is 5.32 Å². The third-order valence-electron chi connectivity index (χ3n) is 5.82. The lowest BCUT2D eigenvalue weighted by Crippen LogP contribution is -2.57. The molecule has 0 aromatic carbocycles. The molecule has 4 fully saturated rings. The highest BCUT2D eigenvalue weighted by molar-refractivity contribution is 5.90. The van der Waals surface area contributed by atoms with E-state index in [9.17, 15) is 14.4 Å². The summed E-state index contributed by atoms with van der Waals surface area (Å²) < 4.78 is 0. The molecule has 0 heterocycles. The van der Waals surface area contributed by atoms with Crippen molar-refractivity contribution in [3.63, 3.8) is 0 Å². The largest absolute Gasteiger partial charge is 0.481 e. The van der Waals surface area contributed by atoms with Gasteiger partial charge < -0.3 is 16.2 Å². The van der Waals surface area contributed by atoms with Crippen molar-refractivity contribution in [1.82, 2.24) is 5.32 Å². The van der Waals surface area contributed by atoms with Crippen molar-refractivity contribution in [1.29, 1.82) is 0 Å². The SMILES string of the molecule is NC(=O)[C@@H](CCC(=O)O)NC(=O)C12CC3CC(CC(C3)C1)C2. The van der Waals surface area contributed by atoms with Crippen LogP contribution in [-0.2, 0) is 14.4 Å². The van der Waals surface area contributed by atoms with Crippen molar-refractivity contribution in [3.05, 3.63) is 0 Å². The van der Waals surface area contributed by atoms with Gasteiger partial charge in [-0.2, -0.15) is 0 Å². The molecule has 0 radical (unpaired) electrons. The number of rotatable bonds is 6. The minimum atomic E-state index is -0.990. The predicted molar refractivity (Wildman–Crippen MR) is 78.6 cm³/mol. The Morgan fingerprint density at radius 2 is 1.59 bits per heavy atom. The minimum absolute atomic E-state index is 0.0583. The van der Waals surface area contributed by atoms with Gasteiger partial charge in [-0.25, -0.2) is 0 Å². The zero-order chi connectivity index (χ0) is 15.9. The van der Waals surface area contributed by atoms with E-state index in [1.54, 1.807) is 0 Å². The Morgan fingerprint density at radius 1 is 1.09 bits per heavy atom. The monoisotopic (exact) mass is 308 g/mol. The quantitative estimate of drug-likeness (QED) is 0.681. The van der Waals surface area contributed by atoms with E-state index in [0.717, 1.165) is 19.3 Å². The van der Waals surface area contributed by atoms with Crippen molar-refractivity contribution in [2.75, 3.05) is 0 Å². The van der Waals surface area contributed by atoms with Crippen molar-refractivity contribution < 1.29 is 19.5 Å². The summed E-state index contributed by atoms with van der Waals surface area (Å²) in [6, 6.07) is -0.878. The highest BCUT2D eigenvalue weighted by atomic mass is 16.4. The zero-order valence-electron chi connectivity index (χ0n) is 12.7. The van der Waals surface area contributed by atoms with E-state index in [1.165, 1.54) is 19.3 Å². The average molecular weight is 308 g/mol. The number of carbonyl (C=O) groups is 3. The second-order valence-electron chi connectivity index (χ2n) is 7.56. The number of hydrogen-bond acceptors (Lipinski definition) is 3. The van der Waals surface area contributed by atoms with Crippen LogP contribution in [0.2, 0.25) is 0 Å². The van der Waals surface area contributed by atoms with E-state index in [0.29, 0.717) is 17.8 Å². The Bertz CT molecular complexity index is 467. The molecule has 1 atom stereocenters. The first kappa shape index (κ1) is 15.3.